The minimum atomic E-state index is -0.294. The molecule has 0 aliphatic rings. The van der Waals surface area contributed by atoms with Crippen molar-refractivity contribution in [1.82, 2.24) is 9.78 Å². The van der Waals surface area contributed by atoms with E-state index < -0.39 is 0 Å². The van der Waals surface area contributed by atoms with E-state index in [0.29, 0.717) is 12.1 Å². The molecule has 1 heterocycles. The molecule has 0 saturated heterocycles. The largest absolute Gasteiger partial charge is 0.324 e. The molecule has 0 aliphatic heterocycles. The first-order chi connectivity index (χ1) is 9.02. The Morgan fingerprint density at radius 3 is 2.47 bits per heavy atom. The molecule has 2 rings (SSSR count). The van der Waals surface area contributed by atoms with E-state index in [1.54, 1.807) is 6.07 Å². The topological polar surface area (TPSA) is 60.9 Å². The van der Waals surface area contributed by atoms with E-state index in [-0.39, 0.29) is 11.6 Å². The maximum Gasteiger partial charge on any atom is 0.271 e. The van der Waals surface area contributed by atoms with E-state index >= 15 is 0 Å². The average molecular weight is 257 g/mol. The van der Waals surface area contributed by atoms with Gasteiger partial charge in [-0.3, -0.25) is 4.79 Å². The lowest BCUT2D eigenvalue weighted by Gasteiger charge is -2.11. The van der Waals surface area contributed by atoms with Gasteiger partial charge in [0.05, 0.1) is 5.69 Å². The van der Waals surface area contributed by atoms with Crippen LogP contribution in [0.4, 0.5) is 0 Å². The molecule has 4 nitrogen and oxygen atoms in total. The van der Waals surface area contributed by atoms with Gasteiger partial charge < -0.3 is 5.73 Å². The quantitative estimate of drug-likeness (QED) is 0.917. The lowest BCUT2D eigenvalue weighted by molar-refractivity contribution is 0.601. The summed E-state index contributed by atoms with van der Waals surface area (Å²) in [6.45, 7) is 6.30. The molecule has 4 heteroatoms. The third-order valence-corrected chi connectivity index (χ3v) is 3.14. The van der Waals surface area contributed by atoms with Crippen LogP contribution >= 0.6 is 0 Å². The first-order valence-electron chi connectivity index (χ1n) is 6.47. The summed E-state index contributed by atoms with van der Waals surface area (Å²) in [6.07, 6.45) is 0. The summed E-state index contributed by atoms with van der Waals surface area (Å²) in [5.41, 5.74) is 9.34. The van der Waals surface area contributed by atoms with Gasteiger partial charge in [0.2, 0.25) is 0 Å². The van der Waals surface area contributed by atoms with Crippen LogP contribution in [0.3, 0.4) is 0 Å². The minimum Gasteiger partial charge on any atom is -0.324 e. The molecule has 2 aromatic rings. The molecule has 1 aromatic heterocycles. The Hall–Kier alpha value is -1.94. The molecule has 0 aliphatic carbocycles. The molecular formula is C15H19N3O. The van der Waals surface area contributed by atoms with Crippen molar-refractivity contribution in [2.75, 3.05) is 0 Å². The number of aromatic nitrogens is 2. The number of rotatable bonds is 3. The van der Waals surface area contributed by atoms with Crippen molar-refractivity contribution in [3.05, 3.63) is 51.8 Å². The van der Waals surface area contributed by atoms with Gasteiger partial charge in [-0.05, 0) is 26.8 Å². The molecule has 1 aromatic carbocycles. The van der Waals surface area contributed by atoms with Crippen LogP contribution in [0.25, 0.3) is 11.3 Å². The number of hydrogen-bond acceptors (Lipinski definition) is 3. The molecule has 1 unspecified atom stereocenters. The van der Waals surface area contributed by atoms with Gasteiger partial charge in [0.1, 0.15) is 0 Å². The maximum atomic E-state index is 12.1. The van der Waals surface area contributed by atoms with Gasteiger partial charge in [-0.15, -0.1) is 0 Å². The number of hydrogen-bond donors (Lipinski definition) is 1. The van der Waals surface area contributed by atoms with Crippen molar-refractivity contribution in [3.63, 3.8) is 0 Å². The van der Waals surface area contributed by atoms with E-state index in [9.17, 15) is 4.79 Å². The molecular weight excluding hydrogens is 238 g/mol. The van der Waals surface area contributed by atoms with Crippen molar-refractivity contribution >= 4 is 0 Å². The molecule has 2 N–H and O–H groups in total. The zero-order chi connectivity index (χ0) is 14.0. The highest BCUT2D eigenvalue weighted by atomic mass is 16.1. The third kappa shape index (κ3) is 2.74. The Labute approximate surface area is 112 Å². The van der Waals surface area contributed by atoms with Crippen LogP contribution in [0.15, 0.2) is 35.1 Å². The zero-order valence-corrected chi connectivity index (χ0v) is 11.6. The first kappa shape index (κ1) is 13.5. The third-order valence-electron chi connectivity index (χ3n) is 3.14. The van der Waals surface area contributed by atoms with Crippen LogP contribution in [0.2, 0.25) is 0 Å². The summed E-state index contributed by atoms with van der Waals surface area (Å²) < 4.78 is 1.47. The molecule has 0 spiro atoms. The Morgan fingerprint density at radius 1 is 1.32 bits per heavy atom. The van der Waals surface area contributed by atoms with Crippen molar-refractivity contribution in [2.45, 2.75) is 33.4 Å². The van der Waals surface area contributed by atoms with Crippen molar-refractivity contribution in [3.8, 4) is 11.3 Å². The van der Waals surface area contributed by atoms with Crippen LogP contribution in [-0.4, -0.2) is 9.78 Å². The van der Waals surface area contributed by atoms with Gasteiger partial charge in [0.15, 0.2) is 0 Å². The summed E-state index contributed by atoms with van der Waals surface area (Å²) >= 11 is 0. The van der Waals surface area contributed by atoms with E-state index in [4.69, 9.17) is 5.73 Å². The van der Waals surface area contributed by atoms with Crippen molar-refractivity contribution in [1.29, 1.82) is 0 Å². The SMILES string of the molecule is CCn1nc(-c2ccc(C)cc2)cc(C(C)N)c1=O. The molecule has 1 atom stereocenters. The Balaban J connectivity index is 2.61. The molecule has 100 valence electrons. The first-order valence-corrected chi connectivity index (χ1v) is 6.47. The lowest BCUT2D eigenvalue weighted by Crippen LogP contribution is -2.29. The summed E-state index contributed by atoms with van der Waals surface area (Å²) in [4.78, 5) is 12.1. The zero-order valence-electron chi connectivity index (χ0n) is 11.6. The maximum absolute atomic E-state index is 12.1. The summed E-state index contributed by atoms with van der Waals surface area (Å²) in [5.74, 6) is 0. The second-order valence-corrected chi connectivity index (χ2v) is 4.76. The number of nitrogens with zero attached hydrogens (tertiary/aromatic N) is 2. The highest BCUT2D eigenvalue weighted by Crippen LogP contribution is 2.18. The molecule has 0 saturated carbocycles. The molecule has 0 amide bonds. The normalized spacial score (nSPS) is 12.4. The Morgan fingerprint density at radius 2 is 1.95 bits per heavy atom. The van der Waals surface area contributed by atoms with Crippen molar-refractivity contribution < 1.29 is 0 Å². The van der Waals surface area contributed by atoms with E-state index in [1.807, 2.05) is 45.0 Å². The summed E-state index contributed by atoms with van der Waals surface area (Å²) in [6, 6.07) is 9.58. The van der Waals surface area contributed by atoms with Crippen LogP contribution in [-0.2, 0) is 6.54 Å². The molecule has 19 heavy (non-hydrogen) atoms. The van der Waals surface area contributed by atoms with Gasteiger partial charge in [-0.2, -0.15) is 5.10 Å². The van der Waals surface area contributed by atoms with E-state index in [2.05, 4.69) is 5.10 Å². The predicted octanol–water partition coefficient (Wildman–Crippen LogP) is 2.26. The highest BCUT2D eigenvalue weighted by Gasteiger charge is 2.12. The Bertz CT molecular complexity index is 627. The van der Waals surface area contributed by atoms with E-state index in [0.717, 1.165) is 11.3 Å². The second kappa shape index (κ2) is 5.36. The van der Waals surface area contributed by atoms with Gasteiger partial charge in [0, 0.05) is 23.7 Å². The van der Waals surface area contributed by atoms with Gasteiger partial charge >= 0.3 is 0 Å². The molecule has 0 radical (unpaired) electrons. The fourth-order valence-electron chi connectivity index (χ4n) is 1.97. The van der Waals surface area contributed by atoms with Crippen LogP contribution in [0, 0.1) is 6.92 Å². The summed E-state index contributed by atoms with van der Waals surface area (Å²) in [5, 5.41) is 4.38. The number of benzene rings is 1. The second-order valence-electron chi connectivity index (χ2n) is 4.76. The fourth-order valence-corrected chi connectivity index (χ4v) is 1.97. The highest BCUT2D eigenvalue weighted by molar-refractivity contribution is 5.59. The lowest BCUT2D eigenvalue weighted by atomic mass is 10.1. The fraction of sp³-hybridized carbons (Fsp3) is 0.333. The monoisotopic (exact) mass is 257 g/mol. The standard InChI is InChI=1S/C15H19N3O/c1-4-18-15(19)13(11(3)16)9-14(17-18)12-7-5-10(2)6-8-12/h5-9,11H,4,16H2,1-3H3. The minimum absolute atomic E-state index is 0.103. The predicted molar refractivity (Wildman–Crippen MR) is 76.9 cm³/mol. The van der Waals surface area contributed by atoms with Crippen LogP contribution < -0.4 is 11.3 Å². The van der Waals surface area contributed by atoms with Crippen LogP contribution in [0.5, 0.6) is 0 Å². The van der Waals surface area contributed by atoms with Crippen LogP contribution in [0.1, 0.15) is 31.0 Å². The van der Waals surface area contributed by atoms with Crippen molar-refractivity contribution in [2.24, 2.45) is 5.73 Å². The van der Waals surface area contributed by atoms with Gasteiger partial charge in [-0.25, -0.2) is 4.68 Å². The smallest absolute Gasteiger partial charge is 0.271 e. The number of aryl methyl sites for hydroxylation is 2. The summed E-state index contributed by atoms with van der Waals surface area (Å²) in [7, 11) is 0. The Kier molecular flexibility index (Phi) is 3.81. The van der Waals surface area contributed by atoms with Gasteiger partial charge in [0.25, 0.3) is 5.56 Å². The molecule has 0 bridgehead atoms. The molecule has 0 fully saturated rings. The number of nitrogens with two attached hydrogens (primary N) is 1. The van der Waals surface area contributed by atoms with Gasteiger partial charge in [-0.1, -0.05) is 29.8 Å². The van der Waals surface area contributed by atoms with E-state index in [1.165, 1.54) is 10.2 Å². The average Bonchev–Trinajstić information content (AvgIpc) is 2.39.